The summed E-state index contributed by atoms with van der Waals surface area (Å²) in [6.07, 6.45) is 0. The van der Waals surface area contributed by atoms with Crippen LogP contribution in [0.4, 0.5) is 10.5 Å². The zero-order valence-electron chi connectivity index (χ0n) is 15.1. The molecule has 1 aliphatic heterocycles. The zero-order valence-corrected chi connectivity index (χ0v) is 15.1. The summed E-state index contributed by atoms with van der Waals surface area (Å²) in [7, 11) is 0. The second-order valence-corrected chi connectivity index (χ2v) is 6.90. The van der Waals surface area contributed by atoms with Crippen molar-refractivity contribution in [1.82, 2.24) is 10.2 Å². The number of non-ortho nitro benzene ring substituents is 1. The summed E-state index contributed by atoms with van der Waals surface area (Å²) in [5, 5.41) is 15.5. The maximum atomic E-state index is 13.2. The molecule has 7 heteroatoms. The molecular weight excluding hydrogens is 358 g/mol. The molecule has 1 fully saturated rings. The summed E-state index contributed by atoms with van der Waals surface area (Å²) >= 11 is 0. The van der Waals surface area contributed by atoms with Gasteiger partial charge in [0.25, 0.3) is 11.6 Å². The highest BCUT2D eigenvalue weighted by Gasteiger charge is 2.49. The maximum absolute atomic E-state index is 13.2. The van der Waals surface area contributed by atoms with Crippen LogP contribution >= 0.6 is 0 Å². The van der Waals surface area contributed by atoms with Gasteiger partial charge < -0.3 is 5.32 Å². The molecule has 0 spiro atoms. The number of imide groups is 1. The van der Waals surface area contributed by atoms with Gasteiger partial charge in [-0.2, -0.15) is 0 Å². The number of nitro benzene ring substituents is 1. The van der Waals surface area contributed by atoms with Gasteiger partial charge in [0.2, 0.25) is 0 Å². The number of fused-ring (bicyclic) bond motifs is 1. The van der Waals surface area contributed by atoms with E-state index in [0.29, 0.717) is 5.56 Å². The van der Waals surface area contributed by atoms with Gasteiger partial charge in [-0.25, -0.2) is 4.79 Å². The Morgan fingerprint density at radius 1 is 1.00 bits per heavy atom. The number of amides is 3. The Kier molecular flexibility index (Phi) is 4.07. The fourth-order valence-electron chi connectivity index (χ4n) is 3.59. The fraction of sp³-hybridized carbons (Fsp3) is 0.143. The first kappa shape index (κ1) is 17.7. The molecule has 140 valence electrons. The predicted octanol–water partition coefficient (Wildman–Crippen LogP) is 3.72. The molecule has 0 saturated carbocycles. The molecule has 3 aromatic rings. The fourth-order valence-corrected chi connectivity index (χ4v) is 3.59. The van der Waals surface area contributed by atoms with Gasteiger partial charge in [-0.05, 0) is 28.8 Å². The van der Waals surface area contributed by atoms with E-state index in [1.54, 1.807) is 19.1 Å². The summed E-state index contributed by atoms with van der Waals surface area (Å²) in [6.45, 7) is 1.74. The van der Waals surface area contributed by atoms with E-state index < -0.39 is 16.5 Å². The summed E-state index contributed by atoms with van der Waals surface area (Å²) in [5.41, 5.74) is 0.145. The third-order valence-electron chi connectivity index (χ3n) is 5.09. The van der Waals surface area contributed by atoms with Crippen molar-refractivity contribution < 1.29 is 14.5 Å². The van der Waals surface area contributed by atoms with Gasteiger partial charge in [0.05, 0.1) is 11.5 Å². The Morgan fingerprint density at radius 3 is 2.39 bits per heavy atom. The third-order valence-corrected chi connectivity index (χ3v) is 5.09. The molecule has 7 nitrogen and oxygen atoms in total. The molecule has 1 saturated heterocycles. The van der Waals surface area contributed by atoms with Crippen molar-refractivity contribution in [2.75, 3.05) is 0 Å². The number of carbonyl (C=O) groups excluding carboxylic acids is 2. The standard InChI is InChI=1S/C21H17N3O4/c1-21(18-8-4-6-15-5-2-3-7-17(15)18)19(25)23(20(26)22-21)13-14-9-11-16(12-10-14)24(27)28/h2-12H,13H2,1H3,(H,22,26). The molecule has 1 heterocycles. The van der Waals surface area contributed by atoms with Crippen molar-refractivity contribution in [2.45, 2.75) is 19.0 Å². The Bertz CT molecular complexity index is 1100. The summed E-state index contributed by atoms with van der Waals surface area (Å²) in [4.78, 5) is 37.2. The summed E-state index contributed by atoms with van der Waals surface area (Å²) in [6, 6.07) is 18.7. The molecular formula is C21H17N3O4. The van der Waals surface area contributed by atoms with Gasteiger partial charge in [-0.1, -0.05) is 54.6 Å². The van der Waals surface area contributed by atoms with Gasteiger partial charge in [0, 0.05) is 12.1 Å². The molecule has 0 aromatic heterocycles. The maximum Gasteiger partial charge on any atom is 0.325 e. The quantitative estimate of drug-likeness (QED) is 0.427. The number of nitro groups is 1. The lowest BCUT2D eigenvalue weighted by Crippen LogP contribution is -2.41. The van der Waals surface area contributed by atoms with Crippen LogP contribution in [-0.4, -0.2) is 21.8 Å². The highest BCUT2D eigenvalue weighted by atomic mass is 16.6. The highest BCUT2D eigenvalue weighted by molar-refractivity contribution is 6.09. The average Bonchev–Trinajstić information content (AvgIpc) is 2.92. The molecule has 1 N–H and O–H groups in total. The first-order chi connectivity index (χ1) is 13.4. The minimum atomic E-state index is -1.18. The molecule has 0 radical (unpaired) electrons. The van der Waals surface area contributed by atoms with Crippen LogP contribution < -0.4 is 5.32 Å². The largest absolute Gasteiger partial charge is 0.325 e. The second kappa shape index (κ2) is 6.45. The zero-order chi connectivity index (χ0) is 19.9. The Labute approximate surface area is 160 Å². The first-order valence-electron chi connectivity index (χ1n) is 8.76. The van der Waals surface area contributed by atoms with Crippen molar-refractivity contribution in [3.8, 4) is 0 Å². The van der Waals surface area contributed by atoms with Gasteiger partial charge >= 0.3 is 6.03 Å². The molecule has 1 atom stereocenters. The highest BCUT2D eigenvalue weighted by Crippen LogP contribution is 2.34. The van der Waals surface area contributed by atoms with Crippen LogP contribution in [0.25, 0.3) is 10.8 Å². The lowest BCUT2D eigenvalue weighted by atomic mass is 9.88. The van der Waals surface area contributed by atoms with Crippen LogP contribution in [0.2, 0.25) is 0 Å². The van der Waals surface area contributed by atoms with Crippen LogP contribution in [0.3, 0.4) is 0 Å². The van der Waals surface area contributed by atoms with Crippen LogP contribution in [0, 0.1) is 10.1 Å². The van der Waals surface area contributed by atoms with E-state index in [1.165, 1.54) is 12.1 Å². The molecule has 0 bridgehead atoms. The summed E-state index contributed by atoms with van der Waals surface area (Å²) < 4.78 is 0. The number of nitrogens with zero attached hydrogens (tertiary/aromatic N) is 2. The molecule has 28 heavy (non-hydrogen) atoms. The van der Waals surface area contributed by atoms with E-state index in [-0.39, 0.29) is 18.1 Å². The van der Waals surface area contributed by atoms with E-state index in [9.17, 15) is 19.7 Å². The van der Waals surface area contributed by atoms with Crippen molar-refractivity contribution in [1.29, 1.82) is 0 Å². The lowest BCUT2D eigenvalue weighted by molar-refractivity contribution is -0.384. The van der Waals surface area contributed by atoms with Gasteiger partial charge in [0.15, 0.2) is 0 Å². The third kappa shape index (κ3) is 2.77. The van der Waals surface area contributed by atoms with Crippen molar-refractivity contribution in [3.63, 3.8) is 0 Å². The number of hydrogen-bond acceptors (Lipinski definition) is 4. The smallest absolute Gasteiger partial charge is 0.319 e. The van der Waals surface area contributed by atoms with Gasteiger partial charge in [-0.15, -0.1) is 0 Å². The van der Waals surface area contributed by atoms with Crippen LogP contribution in [0.5, 0.6) is 0 Å². The van der Waals surface area contributed by atoms with E-state index in [1.807, 2.05) is 42.5 Å². The number of rotatable bonds is 4. The topological polar surface area (TPSA) is 92.6 Å². The summed E-state index contributed by atoms with van der Waals surface area (Å²) in [5.74, 6) is -0.354. The lowest BCUT2D eigenvalue weighted by Gasteiger charge is -2.24. The molecule has 0 aliphatic carbocycles. The first-order valence-corrected chi connectivity index (χ1v) is 8.76. The van der Waals surface area contributed by atoms with Gasteiger partial charge in [0.1, 0.15) is 5.54 Å². The van der Waals surface area contributed by atoms with Crippen LogP contribution in [0.1, 0.15) is 18.1 Å². The van der Waals surface area contributed by atoms with Gasteiger partial charge in [-0.3, -0.25) is 19.8 Å². The van der Waals surface area contributed by atoms with E-state index in [2.05, 4.69) is 5.32 Å². The van der Waals surface area contributed by atoms with E-state index >= 15 is 0 Å². The predicted molar refractivity (Wildman–Crippen MR) is 103 cm³/mol. The Morgan fingerprint density at radius 2 is 1.68 bits per heavy atom. The van der Waals surface area contributed by atoms with Crippen molar-refractivity contribution in [2.24, 2.45) is 0 Å². The van der Waals surface area contributed by atoms with Crippen molar-refractivity contribution >= 4 is 28.4 Å². The Balaban J connectivity index is 1.67. The van der Waals surface area contributed by atoms with Crippen LogP contribution in [-0.2, 0) is 16.9 Å². The second-order valence-electron chi connectivity index (χ2n) is 6.90. The minimum absolute atomic E-state index is 0.0402. The normalized spacial score (nSPS) is 19.1. The Hall–Kier alpha value is -3.74. The van der Waals surface area contributed by atoms with E-state index in [4.69, 9.17) is 0 Å². The number of urea groups is 1. The van der Waals surface area contributed by atoms with Crippen LogP contribution in [0.15, 0.2) is 66.7 Å². The molecule has 3 aromatic carbocycles. The molecule has 1 unspecified atom stereocenters. The van der Waals surface area contributed by atoms with Crippen molar-refractivity contribution in [3.05, 3.63) is 88.0 Å². The van der Waals surface area contributed by atoms with E-state index in [0.717, 1.165) is 21.2 Å². The average molecular weight is 375 g/mol. The minimum Gasteiger partial charge on any atom is -0.319 e. The number of nitrogens with one attached hydrogen (secondary N) is 1. The molecule has 4 rings (SSSR count). The SMILES string of the molecule is CC1(c2cccc3ccccc23)NC(=O)N(Cc2ccc([N+](=O)[O-])cc2)C1=O. The molecule has 3 amide bonds. The monoisotopic (exact) mass is 375 g/mol. The number of benzene rings is 3. The molecule has 1 aliphatic rings. The number of hydrogen-bond donors (Lipinski definition) is 1. The number of carbonyl (C=O) groups is 2.